The molecule has 0 aliphatic heterocycles. The van der Waals surface area contributed by atoms with Gasteiger partial charge in [-0.3, -0.25) is 0 Å². The van der Waals surface area contributed by atoms with Gasteiger partial charge in [-0.2, -0.15) is 0 Å². The highest BCUT2D eigenvalue weighted by molar-refractivity contribution is 5.71. The molecule has 19 heavy (non-hydrogen) atoms. The lowest BCUT2D eigenvalue weighted by atomic mass is 9.92. The number of aromatic nitrogens is 2. The largest absolute Gasteiger partial charge is 0.326 e. The molecule has 0 atom stereocenters. The van der Waals surface area contributed by atoms with Gasteiger partial charge >= 0.3 is 0 Å². The van der Waals surface area contributed by atoms with E-state index in [2.05, 4.69) is 47.0 Å². The summed E-state index contributed by atoms with van der Waals surface area (Å²) in [6, 6.07) is 12.7. The molecule has 0 spiro atoms. The van der Waals surface area contributed by atoms with Crippen LogP contribution < -0.4 is 5.73 Å². The van der Waals surface area contributed by atoms with E-state index in [1.807, 2.05) is 0 Å². The fourth-order valence-corrected chi connectivity index (χ4v) is 2.94. The van der Waals surface area contributed by atoms with Crippen molar-refractivity contribution in [3.8, 4) is 11.3 Å². The van der Waals surface area contributed by atoms with Crippen molar-refractivity contribution in [2.24, 2.45) is 5.73 Å². The Balaban J connectivity index is 2.02. The van der Waals surface area contributed by atoms with Crippen LogP contribution in [0.2, 0.25) is 0 Å². The SMILES string of the molecule is NCc1ccc2nc3c(n2c1)CCc1ccccc1-3. The van der Waals surface area contributed by atoms with Gasteiger partial charge in [0.05, 0.1) is 11.4 Å². The Morgan fingerprint density at radius 1 is 1.11 bits per heavy atom. The van der Waals surface area contributed by atoms with Crippen molar-refractivity contribution in [3.05, 3.63) is 59.4 Å². The molecule has 1 aliphatic carbocycles. The smallest absolute Gasteiger partial charge is 0.137 e. The molecule has 94 valence electrons. The van der Waals surface area contributed by atoms with E-state index in [0.29, 0.717) is 6.54 Å². The third-order valence-electron chi connectivity index (χ3n) is 3.92. The Labute approximate surface area is 111 Å². The summed E-state index contributed by atoms with van der Waals surface area (Å²) in [4.78, 5) is 4.79. The van der Waals surface area contributed by atoms with Gasteiger partial charge in [0.2, 0.25) is 0 Å². The van der Waals surface area contributed by atoms with Gasteiger partial charge < -0.3 is 10.1 Å². The van der Waals surface area contributed by atoms with Crippen molar-refractivity contribution < 1.29 is 0 Å². The number of hydrogen-bond donors (Lipinski definition) is 1. The lowest BCUT2D eigenvalue weighted by Gasteiger charge is -2.15. The fraction of sp³-hybridized carbons (Fsp3) is 0.188. The van der Waals surface area contributed by atoms with Crippen LogP contribution in [0.5, 0.6) is 0 Å². The van der Waals surface area contributed by atoms with E-state index in [1.165, 1.54) is 16.8 Å². The van der Waals surface area contributed by atoms with Crippen LogP contribution in [0, 0.1) is 0 Å². The van der Waals surface area contributed by atoms with Gasteiger partial charge in [0.25, 0.3) is 0 Å². The van der Waals surface area contributed by atoms with Crippen LogP contribution in [0.1, 0.15) is 16.8 Å². The molecule has 0 radical (unpaired) electrons. The molecule has 2 aromatic heterocycles. The molecular formula is C16H15N3. The molecule has 2 N–H and O–H groups in total. The highest BCUT2D eigenvalue weighted by atomic mass is 15.0. The van der Waals surface area contributed by atoms with Gasteiger partial charge in [0.15, 0.2) is 0 Å². The Morgan fingerprint density at radius 3 is 2.89 bits per heavy atom. The van der Waals surface area contributed by atoms with E-state index in [1.54, 1.807) is 0 Å². The topological polar surface area (TPSA) is 43.3 Å². The molecule has 3 heteroatoms. The van der Waals surface area contributed by atoms with E-state index in [-0.39, 0.29) is 0 Å². The first-order valence-corrected chi connectivity index (χ1v) is 6.65. The summed E-state index contributed by atoms with van der Waals surface area (Å²) in [5, 5.41) is 0. The number of benzene rings is 1. The molecule has 0 fully saturated rings. The number of imidazole rings is 1. The van der Waals surface area contributed by atoms with E-state index in [4.69, 9.17) is 10.7 Å². The van der Waals surface area contributed by atoms with E-state index in [9.17, 15) is 0 Å². The van der Waals surface area contributed by atoms with Gasteiger partial charge in [-0.05, 0) is 30.0 Å². The predicted octanol–water partition coefficient (Wildman–Crippen LogP) is 2.56. The van der Waals surface area contributed by atoms with Crippen molar-refractivity contribution >= 4 is 5.65 Å². The van der Waals surface area contributed by atoms with Gasteiger partial charge in [0.1, 0.15) is 5.65 Å². The molecule has 3 aromatic rings. The van der Waals surface area contributed by atoms with Crippen molar-refractivity contribution in [3.63, 3.8) is 0 Å². The Kier molecular flexibility index (Phi) is 2.23. The van der Waals surface area contributed by atoms with Crippen LogP contribution in [0.25, 0.3) is 16.9 Å². The number of aryl methyl sites for hydroxylation is 2. The summed E-state index contributed by atoms with van der Waals surface area (Å²) in [5.41, 5.74) is 13.0. The number of pyridine rings is 1. The predicted molar refractivity (Wildman–Crippen MR) is 75.9 cm³/mol. The molecule has 0 saturated heterocycles. The maximum atomic E-state index is 5.73. The molecule has 0 bridgehead atoms. The Morgan fingerprint density at radius 2 is 2.00 bits per heavy atom. The average Bonchev–Trinajstić information content (AvgIpc) is 2.85. The first-order chi connectivity index (χ1) is 9.36. The molecule has 2 heterocycles. The molecule has 1 aliphatic rings. The minimum Gasteiger partial charge on any atom is -0.326 e. The van der Waals surface area contributed by atoms with Crippen molar-refractivity contribution in [2.75, 3.05) is 0 Å². The van der Waals surface area contributed by atoms with Gasteiger partial charge in [0, 0.05) is 18.3 Å². The zero-order valence-electron chi connectivity index (χ0n) is 10.6. The first kappa shape index (κ1) is 10.8. The van der Waals surface area contributed by atoms with Crippen LogP contribution in [0.4, 0.5) is 0 Å². The normalized spacial score (nSPS) is 13.3. The minimum absolute atomic E-state index is 0.569. The van der Waals surface area contributed by atoms with Crippen molar-refractivity contribution in [1.29, 1.82) is 0 Å². The molecular weight excluding hydrogens is 234 g/mol. The van der Waals surface area contributed by atoms with Crippen molar-refractivity contribution in [2.45, 2.75) is 19.4 Å². The van der Waals surface area contributed by atoms with Crippen LogP contribution in [-0.2, 0) is 19.4 Å². The summed E-state index contributed by atoms with van der Waals surface area (Å²) < 4.78 is 2.20. The molecule has 0 amide bonds. The van der Waals surface area contributed by atoms with Gasteiger partial charge in [-0.15, -0.1) is 0 Å². The number of hydrogen-bond acceptors (Lipinski definition) is 2. The zero-order chi connectivity index (χ0) is 12.8. The molecule has 4 rings (SSSR count). The highest BCUT2D eigenvalue weighted by Gasteiger charge is 2.20. The van der Waals surface area contributed by atoms with Crippen LogP contribution in [0.15, 0.2) is 42.6 Å². The molecule has 0 saturated carbocycles. The first-order valence-electron chi connectivity index (χ1n) is 6.65. The highest BCUT2D eigenvalue weighted by Crippen LogP contribution is 2.33. The second-order valence-electron chi connectivity index (χ2n) is 5.03. The average molecular weight is 249 g/mol. The number of fused-ring (bicyclic) bond motifs is 5. The minimum atomic E-state index is 0.569. The summed E-state index contributed by atoms with van der Waals surface area (Å²) >= 11 is 0. The third kappa shape index (κ3) is 1.52. The quantitative estimate of drug-likeness (QED) is 0.720. The van der Waals surface area contributed by atoms with Gasteiger partial charge in [-0.25, -0.2) is 4.98 Å². The maximum absolute atomic E-state index is 5.73. The molecule has 3 nitrogen and oxygen atoms in total. The standard InChI is InChI=1S/C16H15N3/c17-9-11-5-8-15-18-16-13-4-2-1-3-12(13)6-7-14(16)19(15)10-11/h1-5,8,10H,6-7,9,17H2. The molecule has 1 aromatic carbocycles. The number of rotatable bonds is 1. The summed E-state index contributed by atoms with van der Waals surface area (Å²) in [6.45, 7) is 0.569. The lowest BCUT2D eigenvalue weighted by Crippen LogP contribution is -2.06. The monoisotopic (exact) mass is 249 g/mol. The summed E-state index contributed by atoms with van der Waals surface area (Å²) in [6.07, 6.45) is 4.25. The fourth-order valence-electron chi connectivity index (χ4n) is 2.94. The summed E-state index contributed by atoms with van der Waals surface area (Å²) in [7, 11) is 0. The van der Waals surface area contributed by atoms with Crippen LogP contribution >= 0.6 is 0 Å². The second kappa shape index (κ2) is 3.93. The van der Waals surface area contributed by atoms with Crippen molar-refractivity contribution in [1.82, 2.24) is 9.38 Å². The lowest BCUT2D eigenvalue weighted by molar-refractivity contribution is 0.874. The molecule has 0 unspecified atom stereocenters. The maximum Gasteiger partial charge on any atom is 0.137 e. The second-order valence-corrected chi connectivity index (χ2v) is 5.03. The van der Waals surface area contributed by atoms with Crippen LogP contribution in [-0.4, -0.2) is 9.38 Å². The zero-order valence-corrected chi connectivity index (χ0v) is 10.6. The number of nitrogens with zero attached hydrogens (tertiary/aromatic N) is 2. The van der Waals surface area contributed by atoms with Gasteiger partial charge in [-0.1, -0.05) is 30.3 Å². The number of nitrogens with two attached hydrogens (primary N) is 1. The Hall–Kier alpha value is -2.13. The van der Waals surface area contributed by atoms with Crippen LogP contribution in [0.3, 0.4) is 0 Å². The Bertz CT molecular complexity index is 771. The van der Waals surface area contributed by atoms with E-state index in [0.717, 1.165) is 29.7 Å². The summed E-state index contributed by atoms with van der Waals surface area (Å²) in [5.74, 6) is 0. The van der Waals surface area contributed by atoms with E-state index >= 15 is 0 Å². The van der Waals surface area contributed by atoms with E-state index < -0.39 is 0 Å². The third-order valence-corrected chi connectivity index (χ3v) is 3.92.